The molecular weight excluding hydrogens is 390 g/mol. The number of rotatable bonds is 6. The van der Waals surface area contributed by atoms with Gasteiger partial charge in [-0.3, -0.25) is 4.90 Å². The molecule has 2 aliphatic heterocycles. The zero-order chi connectivity index (χ0) is 21.2. The van der Waals surface area contributed by atoms with Crippen molar-refractivity contribution < 1.29 is 18.9 Å². The lowest BCUT2D eigenvalue weighted by atomic mass is 9.86. The number of nitrogens with zero attached hydrogens (tertiary/aromatic N) is 1. The Morgan fingerprint density at radius 3 is 2.61 bits per heavy atom. The van der Waals surface area contributed by atoms with Gasteiger partial charge in [0.05, 0.1) is 19.8 Å². The minimum atomic E-state index is 0.111. The molecule has 2 heterocycles. The van der Waals surface area contributed by atoms with Crippen molar-refractivity contribution in [3.05, 3.63) is 88.5 Å². The third-order valence-corrected chi connectivity index (χ3v) is 6.11. The predicted molar refractivity (Wildman–Crippen MR) is 119 cm³/mol. The van der Waals surface area contributed by atoms with E-state index in [0.29, 0.717) is 6.61 Å². The molecule has 0 N–H and O–H groups in total. The standard InChI is InChI=1S/C26H27NO4/c1-28-16-21-12-22-19(13-24(21)29-2)10-11-27(15-18-6-4-3-5-7-18)26(22)20-8-9-23-25(14-20)31-17-30-23/h3-9,12-14,26H,10-11,15-17H2,1-2H3. The van der Waals surface area contributed by atoms with Crippen molar-refractivity contribution in [2.75, 3.05) is 27.6 Å². The maximum absolute atomic E-state index is 5.69. The highest BCUT2D eigenvalue weighted by Crippen LogP contribution is 2.42. The second kappa shape index (κ2) is 8.61. The largest absolute Gasteiger partial charge is 0.496 e. The average Bonchev–Trinajstić information content (AvgIpc) is 3.27. The highest BCUT2D eigenvalue weighted by atomic mass is 16.7. The molecule has 5 nitrogen and oxygen atoms in total. The van der Waals surface area contributed by atoms with E-state index in [2.05, 4.69) is 59.5 Å². The fourth-order valence-electron chi connectivity index (χ4n) is 4.67. The minimum Gasteiger partial charge on any atom is -0.496 e. The number of ether oxygens (including phenoxy) is 4. The van der Waals surface area contributed by atoms with Crippen molar-refractivity contribution in [3.8, 4) is 17.2 Å². The van der Waals surface area contributed by atoms with Gasteiger partial charge in [0.15, 0.2) is 11.5 Å². The second-order valence-electron chi connectivity index (χ2n) is 8.02. The third-order valence-electron chi connectivity index (χ3n) is 6.11. The van der Waals surface area contributed by atoms with Gasteiger partial charge >= 0.3 is 0 Å². The summed E-state index contributed by atoms with van der Waals surface area (Å²) in [4.78, 5) is 2.54. The minimum absolute atomic E-state index is 0.111. The van der Waals surface area contributed by atoms with E-state index in [1.165, 1.54) is 22.3 Å². The molecule has 3 aromatic carbocycles. The molecule has 0 saturated heterocycles. The monoisotopic (exact) mass is 417 g/mol. The van der Waals surface area contributed by atoms with Gasteiger partial charge < -0.3 is 18.9 Å². The molecule has 0 aliphatic carbocycles. The number of hydrogen-bond donors (Lipinski definition) is 0. The second-order valence-corrected chi connectivity index (χ2v) is 8.02. The Morgan fingerprint density at radius 1 is 0.968 bits per heavy atom. The number of methoxy groups -OCH3 is 2. The Morgan fingerprint density at radius 2 is 1.81 bits per heavy atom. The lowest BCUT2D eigenvalue weighted by Gasteiger charge is -2.38. The molecule has 1 unspecified atom stereocenters. The topological polar surface area (TPSA) is 40.2 Å². The van der Waals surface area contributed by atoms with E-state index >= 15 is 0 Å². The summed E-state index contributed by atoms with van der Waals surface area (Å²) in [6.45, 7) is 2.64. The summed E-state index contributed by atoms with van der Waals surface area (Å²) < 4.78 is 22.3. The molecule has 0 aromatic heterocycles. The van der Waals surface area contributed by atoms with Crippen molar-refractivity contribution in [2.45, 2.75) is 25.6 Å². The SMILES string of the molecule is COCc1cc2c(cc1OC)CCN(Cc1ccccc1)C2c1ccc2c(c1)OCO2. The van der Waals surface area contributed by atoms with Crippen LogP contribution in [0, 0.1) is 0 Å². The van der Waals surface area contributed by atoms with Gasteiger partial charge in [0, 0.05) is 25.8 Å². The van der Waals surface area contributed by atoms with Gasteiger partial charge in [-0.2, -0.15) is 0 Å². The van der Waals surface area contributed by atoms with E-state index in [-0.39, 0.29) is 12.8 Å². The molecule has 0 spiro atoms. The molecule has 3 aromatic rings. The highest BCUT2D eigenvalue weighted by Gasteiger charge is 2.31. The molecule has 5 heteroatoms. The van der Waals surface area contributed by atoms with Crippen LogP contribution in [0.4, 0.5) is 0 Å². The van der Waals surface area contributed by atoms with Crippen LogP contribution < -0.4 is 14.2 Å². The van der Waals surface area contributed by atoms with Crippen molar-refractivity contribution in [1.82, 2.24) is 4.90 Å². The van der Waals surface area contributed by atoms with Gasteiger partial charge in [0.25, 0.3) is 0 Å². The summed E-state index contributed by atoms with van der Waals surface area (Å²) >= 11 is 0. The van der Waals surface area contributed by atoms with E-state index in [1.54, 1.807) is 14.2 Å². The maximum atomic E-state index is 5.69. The summed E-state index contributed by atoms with van der Waals surface area (Å²) in [6.07, 6.45) is 0.979. The van der Waals surface area contributed by atoms with Crippen LogP contribution in [0.15, 0.2) is 60.7 Å². The first kappa shape index (κ1) is 19.9. The summed E-state index contributed by atoms with van der Waals surface area (Å²) in [6, 6.07) is 21.5. The number of fused-ring (bicyclic) bond motifs is 2. The van der Waals surface area contributed by atoms with E-state index in [0.717, 1.165) is 42.3 Å². The third kappa shape index (κ3) is 3.87. The molecule has 0 bridgehead atoms. The van der Waals surface area contributed by atoms with Gasteiger partial charge in [-0.15, -0.1) is 0 Å². The first-order valence-electron chi connectivity index (χ1n) is 10.6. The van der Waals surface area contributed by atoms with E-state index in [1.807, 2.05) is 6.07 Å². The lowest BCUT2D eigenvalue weighted by molar-refractivity contribution is 0.173. The van der Waals surface area contributed by atoms with E-state index in [9.17, 15) is 0 Å². The van der Waals surface area contributed by atoms with Crippen LogP contribution in [-0.2, 0) is 24.3 Å². The Labute approximate surface area is 183 Å². The van der Waals surface area contributed by atoms with E-state index in [4.69, 9.17) is 18.9 Å². The Kier molecular flexibility index (Phi) is 5.53. The average molecular weight is 418 g/mol. The Balaban J connectivity index is 1.60. The summed E-state index contributed by atoms with van der Waals surface area (Å²) in [5, 5.41) is 0. The maximum Gasteiger partial charge on any atom is 0.231 e. The fourth-order valence-corrected chi connectivity index (χ4v) is 4.67. The van der Waals surface area contributed by atoms with Crippen LogP contribution in [0.5, 0.6) is 17.2 Å². The van der Waals surface area contributed by atoms with Gasteiger partial charge in [-0.25, -0.2) is 0 Å². The van der Waals surface area contributed by atoms with Crippen molar-refractivity contribution in [3.63, 3.8) is 0 Å². The molecule has 0 fully saturated rings. The van der Waals surface area contributed by atoms with Crippen molar-refractivity contribution in [1.29, 1.82) is 0 Å². The molecule has 0 saturated carbocycles. The fraction of sp³-hybridized carbons (Fsp3) is 0.308. The molecule has 160 valence electrons. The molecule has 5 rings (SSSR count). The summed E-state index contributed by atoms with van der Waals surface area (Å²) in [7, 11) is 3.44. The quantitative estimate of drug-likeness (QED) is 0.581. The van der Waals surface area contributed by atoms with E-state index < -0.39 is 0 Å². The Bertz CT molecular complexity index is 1070. The van der Waals surface area contributed by atoms with Gasteiger partial charge in [0.1, 0.15) is 5.75 Å². The zero-order valence-electron chi connectivity index (χ0n) is 18.0. The van der Waals surface area contributed by atoms with Crippen molar-refractivity contribution in [2.24, 2.45) is 0 Å². The summed E-state index contributed by atoms with van der Waals surface area (Å²) in [5.41, 5.74) is 6.20. The van der Waals surface area contributed by atoms with Gasteiger partial charge in [0.2, 0.25) is 6.79 Å². The van der Waals surface area contributed by atoms with Crippen LogP contribution >= 0.6 is 0 Å². The first-order valence-corrected chi connectivity index (χ1v) is 10.6. The predicted octanol–water partition coefficient (Wildman–Crippen LogP) is 4.72. The Hall–Kier alpha value is -3.02. The highest BCUT2D eigenvalue weighted by molar-refractivity contribution is 5.51. The normalized spacial score (nSPS) is 17.4. The molecule has 2 aliphatic rings. The van der Waals surface area contributed by atoms with Crippen LogP contribution in [0.1, 0.15) is 33.9 Å². The van der Waals surface area contributed by atoms with Gasteiger partial charge in [-0.05, 0) is 52.9 Å². The van der Waals surface area contributed by atoms with Crippen LogP contribution in [0.3, 0.4) is 0 Å². The smallest absolute Gasteiger partial charge is 0.231 e. The first-order chi connectivity index (χ1) is 15.3. The number of benzene rings is 3. The molecule has 0 amide bonds. The lowest BCUT2D eigenvalue weighted by Crippen LogP contribution is -2.35. The molecule has 1 atom stereocenters. The molecular formula is C26H27NO4. The van der Waals surface area contributed by atoms with Crippen LogP contribution in [0.25, 0.3) is 0 Å². The number of hydrogen-bond acceptors (Lipinski definition) is 5. The molecule has 0 radical (unpaired) electrons. The van der Waals surface area contributed by atoms with Crippen LogP contribution in [-0.4, -0.2) is 32.5 Å². The van der Waals surface area contributed by atoms with Crippen LogP contribution in [0.2, 0.25) is 0 Å². The van der Waals surface area contributed by atoms with Gasteiger partial charge in [-0.1, -0.05) is 36.4 Å². The zero-order valence-corrected chi connectivity index (χ0v) is 18.0. The summed E-state index contributed by atoms with van der Waals surface area (Å²) in [5.74, 6) is 2.51. The van der Waals surface area contributed by atoms with Crippen molar-refractivity contribution >= 4 is 0 Å². The molecule has 31 heavy (non-hydrogen) atoms.